The minimum absolute atomic E-state index is 0.109. The highest BCUT2D eigenvalue weighted by Gasteiger charge is 2.17. The molecule has 0 radical (unpaired) electrons. The van der Waals surface area contributed by atoms with E-state index < -0.39 is 5.91 Å². The average Bonchev–Trinajstić information content (AvgIpc) is 3.14. The van der Waals surface area contributed by atoms with E-state index in [1.54, 1.807) is 25.1 Å². The number of benzene rings is 1. The van der Waals surface area contributed by atoms with E-state index >= 15 is 0 Å². The number of carbonyl (C=O) groups excluding carboxylic acids is 1. The van der Waals surface area contributed by atoms with Crippen molar-refractivity contribution >= 4 is 23.3 Å². The fourth-order valence-electron chi connectivity index (χ4n) is 2.27. The number of nitrogens with zero attached hydrogens (tertiary/aromatic N) is 3. The summed E-state index contributed by atoms with van der Waals surface area (Å²) in [7, 11) is 0. The smallest absolute Gasteiger partial charge is 0.279 e. The van der Waals surface area contributed by atoms with E-state index in [1.807, 2.05) is 12.1 Å². The van der Waals surface area contributed by atoms with E-state index in [1.165, 1.54) is 11.1 Å². The minimum atomic E-state index is -0.405. The lowest BCUT2D eigenvalue weighted by Gasteiger charge is -2.06. The maximum Gasteiger partial charge on any atom is 0.279 e. The molecule has 0 unspecified atom stereocenters. The Bertz CT molecular complexity index is 872. The second-order valence-electron chi connectivity index (χ2n) is 5.08. The number of aliphatic hydroxyl groups excluding tert-OH is 1. The molecule has 0 aliphatic rings. The quantitative estimate of drug-likeness (QED) is 0.741. The first kappa shape index (κ1) is 16.2. The Labute approximate surface area is 142 Å². The van der Waals surface area contributed by atoms with Gasteiger partial charge in [-0.3, -0.25) is 4.79 Å². The summed E-state index contributed by atoms with van der Waals surface area (Å²) in [6.45, 7) is 1.79. The molecule has 0 fully saturated rings. The zero-order chi connectivity index (χ0) is 17.1. The largest absolute Gasteiger partial charge is 0.448 e. The predicted octanol–water partition coefficient (Wildman–Crippen LogP) is 2.74. The summed E-state index contributed by atoms with van der Waals surface area (Å²) in [5.74, 6) is 0.472. The van der Waals surface area contributed by atoms with Gasteiger partial charge < -0.3 is 14.8 Å². The van der Waals surface area contributed by atoms with Crippen LogP contribution in [0.4, 0.5) is 5.82 Å². The third-order valence-corrected chi connectivity index (χ3v) is 3.65. The average molecular weight is 347 g/mol. The van der Waals surface area contributed by atoms with Gasteiger partial charge in [-0.25, -0.2) is 9.67 Å². The third kappa shape index (κ3) is 3.32. The number of halogens is 1. The minimum Gasteiger partial charge on any atom is -0.448 e. The Morgan fingerprint density at radius 3 is 2.92 bits per heavy atom. The molecule has 0 saturated heterocycles. The number of hydrogen-bond acceptors (Lipinski definition) is 5. The van der Waals surface area contributed by atoms with E-state index in [-0.39, 0.29) is 18.8 Å². The first-order valence-corrected chi connectivity index (χ1v) is 7.62. The molecule has 1 amide bonds. The van der Waals surface area contributed by atoms with E-state index in [2.05, 4.69) is 15.4 Å². The summed E-state index contributed by atoms with van der Waals surface area (Å²) < 4.78 is 6.56. The van der Waals surface area contributed by atoms with Crippen LogP contribution in [0.15, 0.2) is 41.1 Å². The number of aliphatic hydroxyl groups is 1. The van der Waals surface area contributed by atoms with Crippen LogP contribution in [0.25, 0.3) is 11.3 Å². The highest BCUT2D eigenvalue weighted by atomic mass is 35.5. The van der Waals surface area contributed by atoms with Crippen molar-refractivity contribution in [2.75, 3.05) is 11.9 Å². The molecule has 0 aliphatic carbocycles. The fourth-order valence-corrected chi connectivity index (χ4v) is 2.46. The molecule has 24 heavy (non-hydrogen) atoms. The highest BCUT2D eigenvalue weighted by molar-refractivity contribution is 6.30. The molecule has 0 atom stereocenters. The van der Waals surface area contributed by atoms with Crippen LogP contribution in [0.2, 0.25) is 5.02 Å². The molecule has 0 spiro atoms. The summed E-state index contributed by atoms with van der Waals surface area (Å²) in [6, 6.07) is 8.95. The van der Waals surface area contributed by atoms with E-state index in [0.29, 0.717) is 22.3 Å². The number of oxazole rings is 1. The second-order valence-corrected chi connectivity index (χ2v) is 5.52. The lowest BCUT2D eigenvalue weighted by atomic mass is 10.1. The Balaban J connectivity index is 1.92. The lowest BCUT2D eigenvalue weighted by Crippen LogP contribution is -2.17. The van der Waals surface area contributed by atoms with Gasteiger partial charge >= 0.3 is 0 Å². The number of aromatic nitrogens is 3. The van der Waals surface area contributed by atoms with Gasteiger partial charge in [0.15, 0.2) is 12.1 Å². The predicted molar refractivity (Wildman–Crippen MR) is 89.0 cm³/mol. The summed E-state index contributed by atoms with van der Waals surface area (Å²) in [6.07, 6.45) is 1.21. The van der Waals surface area contributed by atoms with Crippen molar-refractivity contribution in [2.45, 2.75) is 13.5 Å². The topological polar surface area (TPSA) is 93.2 Å². The van der Waals surface area contributed by atoms with Crippen molar-refractivity contribution < 1.29 is 14.3 Å². The van der Waals surface area contributed by atoms with Crippen LogP contribution >= 0.6 is 11.6 Å². The summed E-state index contributed by atoms with van der Waals surface area (Å²) in [5, 5.41) is 16.9. The summed E-state index contributed by atoms with van der Waals surface area (Å²) in [4.78, 5) is 16.2. The summed E-state index contributed by atoms with van der Waals surface area (Å²) >= 11 is 6.01. The molecule has 3 aromatic rings. The van der Waals surface area contributed by atoms with E-state index in [9.17, 15) is 9.90 Å². The number of carbonyl (C=O) groups is 1. The van der Waals surface area contributed by atoms with Gasteiger partial charge in [0.1, 0.15) is 11.6 Å². The SMILES string of the molecule is Cc1ocnc1C(=O)Nc1cc(-c2cccc(Cl)c2)nn1CCO. The van der Waals surface area contributed by atoms with Crippen LogP contribution in [-0.4, -0.2) is 32.4 Å². The van der Waals surface area contributed by atoms with Gasteiger partial charge in [-0.15, -0.1) is 0 Å². The number of hydrogen-bond donors (Lipinski definition) is 2. The zero-order valence-corrected chi connectivity index (χ0v) is 13.6. The van der Waals surface area contributed by atoms with Crippen LogP contribution in [0.1, 0.15) is 16.2 Å². The molecule has 2 aromatic heterocycles. The summed E-state index contributed by atoms with van der Waals surface area (Å²) in [5.41, 5.74) is 1.65. The van der Waals surface area contributed by atoms with E-state index in [4.69, 9.17) is 16.0 Å². The van der Waals surface area contributed by atoms with Crippen molar-refractivity contribution in [3.05, 3.63) is 53.2 Å². The van der Waals surface area contributed by atoms with Crippen molar-refractivity contribution in [1.82, 2.24) is 14.8 Å². The molecule has 7 nitrogen and oxygen atoms in total. The van der Waals surface area contributed by atoms with E-state index in [0.717, 1.165) is 5.56 Å². The molecule has 0 saturated carbocycles. The molecular formula is C16H15ClN4O3. The zero-order valence-electron chi connectivity index (χ0n) is 12.9. The normalized spacial score (nSPS) is 10.8. The van der Waals surface area contributed by atoms with Crippen molar-refractivity contribution in [1.29, 1.82) is 0 Å². The molecule has 8 heteroatoms. The Hall–Kier alpha value is -2.64. The van der Waals surface area contributed by atoms with Crippen molar-refractivity contribution in [3.8, 4) is 11.3 Å². The van der Waals surface area contributed by atoms with Crippen LogP contribution in [0.3, 0.4) is 0 Å². The van der Waals surface area contributed by atoms with Gasteiger partial charge in [-0.1, -0.05) is 23.7 Å². The molecule has 2 N–H and O–H groups in total. The Morgan fingerprint density at radius 1 is 1.42 bits per heavy atom. The lowest BCUT2D eigenvalue weighted by molar-refractivity contribution is 0.102. The maximum absolute atomic E-state index is 12.3. The Kier molecular flexibility index (Phi) is 4.64. The first-order chi connectivity index (χ1) is 11.6. The van der Waals surface area contributed by atoms with Crippen LogP contribution < -0.4 is 5.32 Å². The molecule has 124 valence electrons. The van der Waals surface area contributed by atoms with Crippen LogP contribution in [0, 0.1) is 6.92 Å². The highest BCUT2D eigenvalue weighted by Crippen LogP contribution is 2.25. The number of anilines is 1. The monoisotopic (exact) mass is 346 g/mol. The molecule has 2 heterocycles. The van der Waals surface area contributed by atoms with Gasteiger partial charge in [0.25, 0.3) is 5.91 Å². The number of rotatable bonds is 5. The standard InChI is InChI=1S/C16H15ClN4O3/c1-10-15(18-9-24-10)16(23)19-14-8-13(20-21(14)5-6-22)11-3-2-4-12(17)7-11/h2-4,7-9,22H,5-6H2,1H3,(H,19,23). The fraction of sp³-hybridized carbons (Fsp3) is 0.188. The number of aryl methyl sites for hydroxylation is 1. The van der Waals surface area contributed by atoms with Crippen molar-refractivity contribution in [3.63, 3.8) is 0 Å². The maximum atomic E-state index is 12.3. The molecular weight excluding hydrogens is 332 g/mol. The number of amides is 1. The van der Waals surface area contributed by atoms with Gasteiger partial charge in [0, 0.05) is 16.7 Å². The van der Waals surface area contributed by atoms with Gasteiger partial charge in [-0.2, -0.15) is 5.10 Å². The molecule has 0 bridgehead atoms. The molecule has 3 rings (SSSR count). The van der Waals surface area contributed by atoms with Crippen LogP contribution in [-0.2, 0) is 6.54 Å². The second kappa shape index (κ2) is 6.86. The molecule has 1 aromatic carbocycles. The van der Waals surface area contributed by atoms with Crippen molar-refractivity contribution in [2.24, 2.45) is 0 Å². The van der Waals surface area contributed by atoms with Gasteiger partial charge in [0.2, 0.25) is 0 Å². The van der Waals surface area contributed by atoms with Gasteiger partial charge in [-0.05, 0) is 19.1 Å². The Morgan fingerprint density at radius 2 is 2.25 bits per heavy atom. The van der Waals surface area contributed by atoms with Gasteiger partial charge in [0.05, 0.1) is 18.8 Å². The van der Waals surface area contributed by atoms with Crippen LogP contribution in [0.5, 0.6) is 0 Å². The molecule has 0 aliphatic heterocycles. The third-order valence-electron chi connectivity index (χ3n) is 3.41. The first-order valence-electron chi connectivity index (χ1n) is 7.24. The number of nitrogens with one attached hydrogen (secondary N) is 1.